The average molecular weight is 221 g/mol. The van der Waals surface area contributed by atoms with E-state index in [2.05, 4.69) is 9.97 Å². The van der Waals surface area contributed by atoms with E-state index in [0.717, 1.165) is 19.4 Å². The lowest BCUT2D eigenvalue weighted by Gasteiger charge is -2.20. The molecule has 1 fully saturated rings. The van der Waals surface area contributed by atoms with Gasteiger partial charge in [0, 0.05) is 26.4 Å². The van der Waals surface area contributed by atoms with E-state index >= 15 is 0 Å². The average Bonchev–Trinajstić information content (AvgIpc) is 2.82. The fourth-order valence-corrected chi connectivity index (χ4v) is 1.79. The number of amides is 1. The summed E-state index contributed by atoms with van der Waals surface area (Å²) in [6.07, 6.45) is 5.24. The summed E-state index contributed by atoms with van der Waals surface area (Å²) in [6.45, 7) is 1.43. The molecule has 5 nitrogen and oxygen atoms in total. The van der Waals surface area contributed by atoms with Crippen LogP contribution in [-0.2, 0) is 4.74 Å². The van der Waals surface area contributed by atoms with E-state index < -0.39 is 0 Å². The summed E-state index contributed by atoms with van der Waals surface area (Å²) in [7, 11) is 1.77. The number of aromatic nitrogens is 2. The molecular weight excluding hydrogens is 206 g/mol. The summed E-state index contributed by atoms with van der Waals surface area (Å²) < 4.78 is 5.48. The van der Waals surface area contributed by atoms with Crippen LogP contribution in [0.25, 0.3) is 0 Å². The maximum atomic E-state index is 11.9. The second kappa shape index (κ2) is 5.03. The van der Waals surface area contributed by atoms with Crippen molar-refractivity contribution >= 4 is 5.91 Å². The predicted molar refractivity (Wildman–Crippen MR) is 58.0 cm³/mol. The van der Waals surface area contributed by atoms with Crippen LogP contribution in [0.4, 0.5) is 0 Å². The molecule has 0 saturated carbocycles. The molecule has 0 unspecified atom stereocenters. The van der Waals surface area contributed by atoms with Crippen LogP contribution in [0.5, 0.6) is 0 Å². The fraction of sp³-hybridized carbons (Fsp3) is 0.545. The number of carbonyl (C=O) groups excluding carboxylic acids is 1. The highest BCUT2D eigenvalue weighted by atomic mass is 16.5. The molecule has 1 aromatic heterocycles. The van der Waals surface area contributed by atoms with Crippen molar-refractivity contribution in [3.05, 3.63) is 24.3 Å². The van der Waals surface area contributed by atoms with Crippen LogP contribution in [0.2, 0.25) is 0 Å². The molecule has 0 bridgehead atoms. The van der Waals surface area contributed by atoms with Crippen LogP contribution in [-0.4, -0.2) is 47.1 Å². The van der Waals surface area contributed by atoms with Crippen molar-refractivity contribution in [3.8, 4) is 0 Å². The molecule has 2 heterocycles. The van der Waals surface area contributed by atoms with Crippen molar-refractivity contribution in [2.24, 2.45) is 0 Å². The molecule has 2 rings (SSSR count). The van der Waals surface area contributed by atoms with Gasteiger partial charge in [0.15, 0.2) is 0 Å². The maximum Gasteiger partial charge on any atom is 0.272 e. The van der Waals surface area contributed by atoms with E-state index in [9.17, 15) is 4.79 Å². The van der Waals surface area contributed by atoms with E-state index in [4.69, 9.17) is 4.74 Å². The van der Waals surface area contributed by atoms with Gasteiger partial charge in [0.25, 0.3) is 5.91 Å². The Kier molecular flexibility index (Phi) is 3.46. The van der Waals surface area contributed by atoms with E-state index in [0.29, 0.717) is 12.2 Å². The van der Waals surface area contributed by atoms with Gasteiger partial charge in [-0.25, -0.2) is 9.97 Å². The highest BCUT2D eigenvalue weighted by Gasteiger charge is 2.21. The predicted octanol–water partition coefficient (Wildman–Crippen LogP) is 0.728. The van der Waals surface area contributed by atoms with Gasteiger partial charge in [-0.1, -0.05) is 0 Å². The Labute approximate surface area is 94.5 Å². The number of nitrogens with zero attached hydrogens (tertiary/aromatic N) is 3. The zero-order valence-electron chi connectivity index (χ0n) is 9.30. The second-order valence-electron chi connectivity index (χ2n) is 3.92. The third kappa shape index (κ3) is 2.55. The Balaban J connectivity index is 1.94. The van der Waals surface area contributed by atoms with Gasteiger partial charge in [0.1, 0.15) is 12.0 Å². The zero-order valence-corrected chi connectivity index (χ0v) is 9.30. The van der Waals surface area contributed by atoms with Crippen molar-refractivity contribution in [2.75, 3.05) is 20.2 Å². The molecule has 16 heavy (non-hydrogen) atoms. The fourth-order valence-electron chi connectivity index (χ4n) is 1.79. The Morgan fingerprint density at radius 2 is 2.56 bits per heavy atom. The van der Waals surface area contributed by atoms with E-state index in [1.54, 1.807) is 24.2 Å². The van der Waals surface area contributed by atoms with Crippen LogP contribution in [0.15, 0.2) is 18.6 Å². The number of hydrogen-bond donors (Lipinski definition) is 0. The van der Waals surface area contributed by atoms with Gasteiger partial charge < -0.3 is 9.64 Å². The van der Waals surface area contributed by atoms with Crippen molar-refractivity contribution in [1.29, 1.82) is 0 Å². The van der Waals surface area contributed by atoms with Gasteiger partial charge in [-0.15, -0.1) is 0 Å². The second-order valence-corrected chi connectivity index (χ2v) is 3.92. The molecule has 1 amide bonds. The SMILES string of the molecule is CN(C[C@H]1CCCO1)C(=O)c1ccncn1. The minimum atomic E-state index is -0.0853. The van der Waals surface area contributed by atoms with Crippen LogP contribution in [0.1, 0.15) is 23.3 Å². The number of hydrogen-bond acceptors (Lipinski definition) is 4. The molecule has 1 atom stereocenters. The maximum absolute atomic E-state index is 11.9. The van der Waals surface area contributed by atoms with Crippen LogP contribution < -0.4 is 0 Å². The first-order chi connectivity index (χ1) is 7.77. The van der Waals surface area contributed by atoms with Crippen molar-refractivity contribution in [1.82, 2.24) is 14.9 Å². The van der Waals surface area contributed by atoms with Crippen molar-refractivity contribution in [3.63, 3.8) is 0 Å². The molecule has 0 N–H and O–H groups in total. The third-order valence-electron chi connectivity index (χ3n) is 2.65. The quantitative estimate of drug-likeness (QED) is 0.755. The topological polar surface area (TPSA) is 55.3 Å². The van der Waals surface area contributed by atoms with Crippen molar-refractivity contribution in [2.45, 2.75) is 18.9 Å². The van der Waals surface area contributed by atoms with Gasteiger partial charge in [-0.3, -0.25) is 4.79 Å². The van der Waals surface area contributed by atoms with E-state index in [-0.39, 0.29) is 12.0 Å². The van der Waals surface area contributed by atoms with Gasteiger partial charge in [0.05, 0.1) is 6.10 Å². The molecule has 5 heteroatoms. The number of carbonyl (C=O) groups is 1. The zero-order chi connectivity index (χ0) is 11.4. The summed E-state index contributed by atoms with van der Waals surface area (Å²) in [5, 5.41) is 0. The van der Waals surface area contributed by atoms with Gasteiger partial charge in [-0.05, 0) is 18.9 Å². The van der Waals surface area contributed by atoms with Gasteiger partial charge in [-0.2, -0.15) is 0 Å². The first-order valence-electron chi connectivity index (χ1n) is 5.40. The monoisotopic (exact) mass is 221 g/mol. The smallest absolute Gasteiger partial charge is 0.272 e. The van der Waals surface area contributed by atoms with E-state index in [1.165, 1.54) is 6.33 Å². The lowest BCUT2D eigenvalue weighted by molar-refractivity contribution is 0.0582. The summed E-state index contributed by atoms with van der Waals surface area (Å²) in [5.41, 5.74) is 0.426. The molecule has 0 spiro atoms. The molecule has 0 radical (unpaired) electrons. The third-order valence-corrected chi connectivity index (χ3v) is 2.65. The Morgan fingerprint density at radius 1 is 1.69 bits per heavy atom. The molecule has 86 valence electrons. The van der Waals surface area contributed by atoms with Gasteiger partial charge in [0.2, 0.25) is 0 Å². The van der Waals surface area contributed by atoms with Crippen molar-refractivity contribution < 1.29 is 9.53 Å². The Bertz CT molecular complexity index is 350. The first kappa shape index (κ1) is 11.0. The van der Waals surface area contributed by atoms with Gasteiger partial charge >= 0.3 is 0 Å². The summed E-state index contributed by atoms with van der Waals surface area (Å²) >= 11 is 0. The largest absolute Gasteiger partial charge is 0.376 e. The molecule has 1 aliphatic rings. The lowest BCUT2D eigenvalue weighted by Crippen LogP contribution is -2.34. The minimum Gasteiger partial charge on any atom is -0.376 e. The number of rotatable bonds is 3. The summed E-state index contributed by atoms with van der Waals surface area (Å²) in [5.74, 6) is -0.0853. The molecule has 1 saturated heterocycles. The summed E-state index contributed by atoms with van der Waals surface area (Å²) in [4.78, 5) is 21.3. The molecule has 0 aromatic carbocycles. The highest BCUT2D eigenvalue weighted by Crippen LogP contribution is 2.13. The molecular formula is C11H15N3O2. The highest BCUT2D eigenvalue weighted by molar-refractivity contribution is 5.91. The summed E-state index contributed by atoms with van der Waals surface area (Å²) in [6, 6.07) is 1.62. The Morgan fingerprint density at radius 3 is 3.19 bits per heavy atom. The van der Waals surface area contributed by atoms with E-state index in [1.807, 2.05) is 0 Å². The molecule has 1 aliphatic heterocycles. The Hall–Kier alpha value is -1.49. The van der Waals surface area contributed by atoms with Crippen LogP contribution >= 0.6 is 0 Å². The molecule has 1 aromatic rings. The molecule has 0 aliphatic carbocycles. The lowest BCUT2D eigenvalue weighted by atomic mass is 10.2. The van der Waals surface area contributed by atoms with Crippen LogP contribution in [0, 0.1) is 0 Å². The van der Waals surface area contributed by atoms with Crippen LogP contribution in [0.3, 0.4) is 0 Å². The standard InChI is InChI=1S/C11H15N3O2/c1-14(7-9-3-2-6-16-9)11(15)10-4-5-12-8-13-10/h4-5,8-9H,2-3,6-7H2,1H3/t9-/m1/s1. The normalized spacial score (nSPS) is 19.7. The minimum absolute atomic E-state index is 0.0853. The number of ether oxygens (including phenoxy) is 1. The first-order valence-corrected chi connectivity index (χ1v) is 5.40. The number of likely N-dealkylation sites (N-methyl/N-ethyl adjacent to an activating group) is 1.